The summed E-state index contributed by atoms with van der Waals surface area (Å²) in [7, 11) is 0. The Morgan fingerprint density at radius 2 is 2.00 bits per heavy atom. The molecule has 1 aromatic carbocycles. The molecule has 0 saturated carbocycles. The van der Waals surface area contributed by atoms with Gasteiger partial charge in [0, 0.05) is 0 Å². The Bertz CT molecular complexity index is 478. The summed E-state index contributed by atoms with van der Waals surface area (Å²) in [5.74, 6) is -0.705. The van der Waals surface area contributed by atoms with Crippen molar-refractivity contribution in [2.45, 2.75) is 6.92 Å². The molecule has 80 valence electrons. The van der Waals surface area contributed by atoms with Gasteiger partial charge >= 0.3 is 0 Å². The Balaban J connectivity index is 2.96. The average Bonchev–Trinajstić information content (AvgIpc) is 2.27. The fourth-order valence-corrected chi connectivity index (χ4v) is 1.24. The standard InChI is InChI=1S/C13H12N2O/c1-10(8-12(9-14)13(15)16)7-11-5-3-2-4-6-11/h2-8H,1H3,(H2,15,16). The lowest BCUT2D eigenvalue weighted by atomic mass is 10.1. The highest BCUT2D eigenvalue weighted by Gasteiger charge is 2.02. The van der Waals surface area contributed by atoms with E-state index in [1.807, 2.05) is 43.3 Å². The predicted molar refractivity (Wildman–Crippen MR) is 63.0 cm³/mol. The van der Waals surface area contributed by atoms with Crippen LogP contribution in [0.4, 0.5) is 0 Å². The first-order valence-corrected chi connectivity index (χ1v) is 4.78. The Morgan fingerprint density at radius 1 is 1.38 bits per heavy atom. The van der Waals surface area contributed by atoms with Crippen molar-refractivity contribution in [3.8, 4) is 6.07 Å². The molecule has 0 aliphatic rings. The lowest BCUT2D eigenvalue weighted by Crippen LogP contribution is -2.12. The van der Waals surface area contributed by atoms with Gasteiger partial charge in [-0.25, -0.2) is 0 Å². The van der Waals surface area contributed by atoms with Crippen LogP contribution in [0.2, 0.25) is 0 Å². The summed E-state index contributed by atoms with van der Waals surface area (Å²) in [5.41, 5.74) is 6.81. The van der Waals surface area contributed by atoms with E-state index in [1.54, 1.807) is 6.07 Å². The van der Waals surface area contributed by atoms with Crippen molar-refractivity contribution >= 4 is 12.0 Å². The van der Waals surface area contributed by atoms with Gasteiger partial charge in [-0.15, -0.1) is 0 Å². The molecule has 1 aromatic rings. The summed E-state index contributed by atoms with van der Waals surface area (Å²) in [4.78, 5) is 10.8. The fourth-order valence-electron chi connectivity index (χ4n) is 1.24. The van der Waals surface area contributed by atoms with Crippen molar-refractivity contribution < 1.29 is 4.79 Å². The van der Waals surface area contributed by atoms with Gasteiger partial charge in [0.1, 0.15) is 11.6 Å². The average molecular weight is 212 g/mol. The summed E-state index contributed by atoms with van der Waals surface area (Å²) >= 11 is 0. The molecule has 3 nitrogen and oxygen atoms in total. The SMILES string of the molecule is CC(=Cc1ccccc1)C=C(C#N)C(N)=O. The Labute approximate surface area is 94.5 Å². The van der Waals surface area contributed by atoms with E-state index < -0.39 is 5.91 Å². The van der Waals surface area contributed by atoms with Gasteiger partial charge < -0.3 is 5.73 Å². The number of carbonyl (C=O) groups is 1. The molecule has 0 saturated heterocycles. The number of carbonyl (C=O) groups excluding carboxylic acids is 1. The van der Waals surface area contributed by atoms with Gasteiger partial charge in [0.05, 0.1) is 0 Å². The second kappa shape index (κ2) is 5.52. The molecule has 0 fully saturated rings. The van der Waals surface area contributed by atoms with Crippen LogP contribution in [0.15, 0.2) is 47.6 Å². The zero-order chi connectivity index (χ0) is 12.0. The summed E-state index contributed by atoms with van der Waals surface area (Å²) in [5, 5.41) is 8.67. The normalized spacial score (nSPS) is 12.0. The largest absolute Gasteiger partial charge is 0.365 e. The van der Waals surface area contributed by atoms with Crippen LogP contribution in [-0.2, 0) is 4.79 Å². The van der Waals surface area contributed by atoms with Gasteiger partial charge in [-0.1, -0.05) is 36.4 Å². The van der Waals surface area contributed by atoms with Gasteiger partial charge in [0.2, 0.25) is 0 Å². The molecule has 0 radical (unpaired) electrons. The quantitative estimate of drug-likeness (QED) is 0.473. The van der Waals surface area contributed by atoms with Gasteiger partial charge in [-0.2, -0.15) is 5.26 Å². The van der Waals surface area contributed by atoms with Crippen LogP contribution in [0.3, 0.4) is 0 Å². The Hall–Kier alpha value is -2.34. The highest BCUT2D eigenvalue weighted by atomic mass is 16.1. The number of primary amides is 1. The smallest absolute Gasteiger partial charge is 0.259 e. The van der Waals surface area contributed by atoms with E-state index in [0.29, 0.717) is 0 Å². The number of nitrogens with two attached hydrogens (primary N) is 1. The van der Waals surface area contributed by atoms with E-state index >= 15 is 0 Å². The Morgan fingerprint density at radius 3 is 2.50 bits per heavy atom. The van der Waals surface area contributed by atoms with Crippen LogP contribution in [0.5, 0.6) is 0 Å². The molecule has 16 heavy (non-hydrogen) atoms. The van der Waals surface area contributed by atoms with Crippen molar-refractivity contribution in [2.24, 2.45) is 5.73 Å². The molecule has 2 N–H and O–H groups in total. The molecule has 0 aliphatic carbocycles. The van der Waals surface area contributed by atoms with E-state index in [9.17, 15) is 4.79 Å². The van der Waals surface area contributed by atoms with Crippen LogP contribution < -0.4 is 5.73 Å². The second-order valence-corrected chi connectivity index (χ2v) is 3.33. The number of benzene rings is 1. The van der Waals surface area contributed by atoms with Crippen LogP contribution in [-0.4, -0.2) is 5.91 Å². The van der Waals surface area contributed by atoms with Crippen molar-refractivity contribution in [1.29, 1.82) is 5.26 Å². The predicted octanol–water partition coefficient (Wildman–Crippen LogP) is 2.03. The number of rotatable bonds is 3. The topological polar surface area (TPSA) is 66.9 Å². The highest BCUT2D eigenvalue weighted by Crippen LogP contribution is 2.08. The molecule has 0 bridgehead atoms. The lowest BCUT2D eigenvalue weighted by molar-refractivity contribution is -0.114. The first kappa shape index (κ1) is 11.7. The van der Waals surface area contributed by atoms with Crippen LogP contribution in [0.1, 0.15) is 12.5 Å². The van der Waals surface area contributed by atoms with Crippen LogP contribution in [0, 0.1) is 11.3 Å². The summed E-state index contributed by atoms with van der Waals surface area (Å²) in [6.07, 6.45) is 3.36. The fraction of sp³-hybridized carbons (Fsp3) is 0.0769. The van der Waals surface area contributed by atoms with Gasteiger partial charge in [-0.05, 0) is 24.1 Å². The van der Waals surface area contributed by atoms with Crippen molar-refractivity contribution in [3.63, 3.8) is 0 Å². The molecule has 1 amide bonds. The lowest BCUT2D eigenvalue weighted by Gasteiger charge is -1.96. The maximum absolute atomic E-state index is 10.8. The van der Waals surface area contributed by atoms with Gasteiger partial charge in [0.15, 0.2) is 0 Å². The number of nitrogens with zero attached hydrogens (tertiary/aromatic N) is 1. The summed E-state index contributed by atoms with van der Waals surface area (Å²) in [6.45, 7) is 1.81. The molecule has 0 spiro atoms. The maximum atomic E-state index is 10.8. The molecular formula is C13H12N2O. The Kier molecular flexibility index (Phi) is 4.05. The highest BCUT2D eigenvalue weighted by molar-refractivity contribution is 5.96. The number of hydrogen-bond acceptors (Lipinski definition) is 2. The third-order valence-corrected chi connectivity index (χ3v) is 1.95. The third-order valence-electron chi connectivity index (χ3n) is 1.95. The third kappa shape index (κ3) is 3.43. The minimum Gasteiger partial charge on any atom is -0.365 e. The zero-order valence-electron chi connectivity index (χ0n) is 8.97. The van der Waals surface area contributed by atoms with Crippen LogP contribution >= 0.6 is 0 Å². The van der Waals surface area contributed by atoms with Gasteiger partial charge in [-0.3, -0.25) is 4.79 Å². The first-order chi connectivity index (χ1) is 7.63. The molecule has 0 atom stereocenters. The molecule has 1 rings (SSSR count). The number of hydrogen-bond donors (Lipinski definition) is 1. The first-order valence-electron chi connectivity index (χ1n) is 4.78. The van der Waals surface area contributed by atoms with Crippen molar-refractivity contribution in [3.05, 3.63) is 53.1 Å². The molecule has 3 heteroatoms. The van der Waals surface area contributed by atoms with Crippen molar-refractivity contribution in [1.82, 2.24) is 0 Å². The molecular weight excluding hydrogens is 200 g/mol. The van der Waals surface area contributed by atoms with Crippen molar-refractivity contribution in [2.75, 3.05) is 0 Å². The molecule has 0 unspecified atom stereocenters. The summed E-state index contributed by atoms with van der Waals surface area (Å²) in [6, 6.07) is 11.4. The number of allylic oxidation sites excluding steroid dienone is 2. The number of nitriles is 1. The summed E-state index contributed by atoms with van der Waals surface area (Å²) < 4.78 is 0. The number of amides is 1. The van der Waals surface area contributed by atoms with Crippen LogP contribution in [0.25, 0.3) is 6.08 Å². The maximum Gasteiger partial charge on any atom is 0.259 e. The molecule has 0 aliphatic heterocycles. The minimum atomic E-state index is -0.705. The minimum absolute atomic E-state index is 0.0373. The monoisotopic (exact) mass is 212 g/mol. The molecule has 0 heterocycles. The van der Waals surface area contributed by atoms with E-state index in [4.69, 9.17) is 11.0 Å². The molecule has 0 aromatic heterocycles. The second-order valence-electron chi connectivity index (χ2n) is 3.33. The van der Waals surface area contributed by atoms with Gasteiger partial charge in [0.25, 0.3) is 5.91 Å². The van der Waals surface area contributed by atoms with E-state index in [2.05, 4.69) is 0 Å². The zero-order valence-corrected chi connectivity index (χ0v) is 8.97. The van der Waals surface area contributed by atoms with E-state index in [1.165, 1.54) is 6.08 Å². The van der Waals surface area contributed by atoms with E-state index in [-0.39, 0.29) is 5.57 Å². The van der Waals surface area contributed by atoms with E-state index in [0.717, 1.165) is 11.1 Å².